The predicted octanol–water partition coefficient (Wildman–Crippen LogP) is 2.52. The fourth-order valence-corrected chi connectivity index (χ4v) is 1.66. The Kier molecular flexibility index (Phi) is 2.42. The second-order valence-corrected chi connectivity index (χ2v) is 3.65. The lowest BCUT2D eigenvalue weighted by atomic mass is 9.97. The fourth-order valence-electron chi connectivity index (χ4n) is 1.66. The molecule has 4 heteroatoms. The minimum absolute atomic E-state index is 0.108. The van der Waals surface area contributed by atoms with Crippen LogP contribution in [0.25, 0.3) is 0 Å². The molecule has 2 nitrogen and oxygen atoms in total. The van der Waals surface area contributed by atoms with Crippen molar-refractivity contribution in [3.8, 4) is 5.75 Å². The van der Waals surface area contributed by atoms with Crippen LogP contribution in [0.2, 0.25) is 0 Å². The highest BCUT2D eigenvalue weighted by atomic mass is 19.3. The van der Waals surface area contributed by atoms with Gasteiger partial charge in [-0.1, -0.05) is 18.2 Å². The number of rotatable bonds is 4. The lowest BCUT2D eigenvalue weighted by Crippen LogP contribution is -2.12. The van der Waals surface area contributed by atoms with Crippen molar-refractivity contribution in [1.82, 2.24) is 0 Å². The second kappa shape index (κ2) is 3.61. The highest BCUT2D eigenvalue weighted by Crippen LogP contribution is 2.49. The van der Waals surface area contributed by atoms with E-state index in [2.05, 4.69) is 4.74 Å². The number of hydrogen-bond donors (Lipinski definition) is 0. The van der Waals surface area contributed by atoms with Crippen LogP contribution in [-0.2, 0) is 10.2 Å². The average molecular weight is 212 g/mol. The molecule has 0 aliphatic heterocycles. The van der Waals surface area contributed by atoms with Crippen molar-refractivity contribution in [3.05, 3.63) is 29.8 Å². The molecule has 1 saturated carbocycles. The van der Waals surface area contributed by atoms with Crippen molar-refractivity contribution in [2.75, 3.05) is 0 Å². The first-order chi connectivity index (χ1) is 7.18. The third-order valence-corrected chi connectivity index (χ3v) is 2.65. The van der Waals surface area contributed by atoms with Crippen molar-refractivity contribution in [3.63, 3.8) is 0 Å². The van der Waals surface area contributed by atoms with E-state index in [-0.39, 0.29) is 5.75 Å². The number of aldehydes is 1. The molecule has 1 fully saturated rings. The van der Waals surface area contributed by atoms with Crippen LogP contribution in [0.5, 0.6) is 5.75 Å². The van der Waals surface area contributed by atoms with E-state index in [1.165, 1.54) is 6.07 Å². The summed E-state index contributed by atoms with van der Waals surface area (Å²) < 4.78 is 28.6. The number of para-hydroxylation sites is 1. The van der Waals surface area contributed by atoms with Crippen LogP contribution >= 0.6 is 0 Å². The first kappa shape index (κ1) is 10.1. The molecule has 0 heterocycles. The van der Waals surface area contributed by atoms with Crippen molar-refractivity contribution in [1.29, 1.82) is 0 Å². The summed E-state index contributed by atoms with van der Waals surface area (Å²) in [6, 6.07) is 6.46. The van der Waals surface area contributed by atoms with Crippen LogP contribution < -0.4 is 4.74 Å². The highest BCUT2D eigenvalue weighted by molar-refractivity contribution is 5.74. The summed E-state index contributed by atoms with van der Waals surface area (Å²) in [4.78, 5) is 10.9. The van der Waals surface area contributed by atoms with Crippen molar-refractivity contribution < 1.29 is 18.3 Å². The van der Waals surface area contributed by atoms with Crippen LogP contribution in [-0.4, -0.2) is 12.9 Å². The van der Waals surface area contributed by atoms with E-state index in [9.17, 15) is 13.6 Å². The number of alkyl halides is 2. The number of ether oxygens (including phenoxy) is 1. The maximum Gasteiger partial charge on any atom is 0.387 e. The standard InChI is InChI=1S/C11H10F2O2/c12-10(13)15-9-4-2-1-3-8(9)11(7-14)5-6-11/h1-4,7,10H,5-6H2. The van der Waals surface area contributed by atoms with Crippen LogP contribution in [0, 0.1) is 0 Å². The first-order valence-electron chi connectivity index (χ1n) is 4.69. The summed E-state index contributed by atoms with van der Waals surface area (Å²) >= 11 is 0. The van der Waals surface area contributed by atoms with E-state index in [4.69, 9.17) is 0 Å². The van der Waals surface area contributed by atoms with Crippen LogP contribution in [0.4, 0.5) is 8.78 Å². The maximum absolute atomic E-state index is 12.1. The fraction of sp³-hybridized carbons (Fsp3) is 0.364. The Hall–Kier alpha value is -1.45. The summed E-state index contributed by atoms with van der Waals surface area (Å²) in [6.45, 7) is -2.85. The van der Waals surface area contributed by atoms with E-state index < -0.39 is 12.0 Å². The van der Waals surface area contributed by atoms with Crippen molar-refractivity contribution >= 4 is 6.29 Å². The Morgan fingerprint density at radius 2 is 2.00 bits per heavy atom. The molecule has 0 amide bonds. The summed E-state index contributed by atoms with van der Waals surface area (Å²) in [6.07, 6.45) is 2.24. The zero-order valence-electron chi connectivity index (χ0n) is 7.95. The number of carbonyl (C=O) groups excluding carboxylic acids is 1. The topological polar surface area (TPSA) is 26.3 Å². The molecule has 0 unspecified atom stereocenters. The largest absolute Gasteiger partial charge is 0.435 e. The van der Waals surface area contributed by atoms with Gasteiger partial charge in [0.1, 0.15) is 12.0 Å². The van der Waals surface area contributed by atoms with Gasteiger partial charge in [-0.25, -0.2) is 0 Å². The molecule has 1 aliphatic rings. The molecule has 1 aromatic rings. The Morgan fingerprint density at radius 3 is 2.53 bits per heavy atom. The Bertz CT molecular complexity index is 373. The molecule has 2 rings (SSSR count). The number of carbonyl (C=O) groups is 1. The third-order valence-electron chi connectivity index (χ3n) is 2.65. The van der Waals surface area contributed by atoms with Crippen molar-refractivity contribution in [2.24, 2.45) is 0 Å². The van der Waals surface area contributed by atoms with Gasteiger partial charge >= 0.3 is 6.61 Å². The number of hydrogen-bond acceptors (Lipinski definition) is 2. The molecule has 1 aromatic carbocycles. The summed E-state index contributed by atoms with van der Waals surface area (Å²) in [5.74, 6) is 0.108. The summed E-state index contributed by atoms with van der Waals surface area (Å²) in [5.41, 5.74) is -0.00817. The summed E-state index contributed by atoms with van der Waals surface area (Å²) in [7, 11) is 0. The molecular weight excluding hydrogens is 202 g/mol. The third kappa shape index (κ3) is 1.84. The highest BCUT2D eigenvalue weighted by Gasteiger charge is 2.46. The average Bonchev–Trinajstić information content (AvgIpc) is 2.98. The SMILES string of the molecule is O=CC1(c2ccccc2OC(F)F)CC1. The number of halogens is 2. The van der Waals surface area contributed by atoms with Crippen LogP contribution in [0.15, 0.2) is 24.3 Å². The molecule has 1 aliphatic carbocycles. The molecule has 15 heavy (non-hydrogen) atoms. The molecular formula is C11H10F2O2. The minimum atomic E-state index is -2.85. The zero-order chi connectivity index (χ0) is 10.9. The van der Waals surface area contributed by atoms with Gasteiger partial charge < -0.3 is 9.53 Å². The Labute approximate surface area is 85.9 Å². The lowest BCUT2D eigenvalue weighted by Gasteiger charge is -2.13. The predicted molar refractivity (Wildman–Crippen MR) is 50.1 cm³/mol. The minimum Gasteiger partial charge on any atom is -0.435 e. The van der Waals surface area contributed by atoms with Gasteiger partial charge in [-0.15, -0.1) is 0 Å². The Balaban J connectivity index is 2.34. The van der Waals surface area contributed by atoms with Gasteiger partial charge in [0, 0.05) is 5.56 Å². The molecule has 0 saturated heterocycles. The van der Waals surface area contributed by atoms with Crippen molar-refractivity contribution in [2.45, 2.75) is 24.9 Å². The van der Waals surface area contributed by atoms with Gasteiger partial charge in [-0.3, -0.25) is 0 Å². The summed E-state index contributed by atoms with van der Waals surface area (Å²) in [5, 5.41) is 0. The molecule has 0 radical (unpaired) electrons. The van der Waals surface area contributed by atoms with E-state index in [0.717, 1.165) is 6.29 Å². The van der Waals surface area contributed by atoms with E-state index in [1.54, 1.807) is 18.2 Å². The number of benzene rings is 1. The van der Waals surface area contributed by atoms with Gasteiger partial charge in [0.2, 0.25) is 0 Å². The quantitative estimate of drug-likeness (QED) is 0.717. The molecule has 0 spiro atoms. The van der Waals surface area contributed by atoms with E-state index in [1.807, 2.05) is 0 Å². The van der Waals surface area contributed by atoms with Gasteiger partial charge in [0.25, 0.3) is 0 Å². The van der Waals surface area contributed by atoms with E-state index in [0.29, 0.717) is 18.4 Å². The lowest BCUT2D eigenvalue weighted by molar-refractivity contribution is -0.110. The first-order valence-corrected chi connectivity index (χ1v) is 4.69. The monoisotopic (exact) mass is 212 g/mol. The van der Waals surface area contributed by atoms with Crippen LogP contribution in [0.3, 0.4) is 0 Å². The van der Waals surface area contributed by atoms with Gasteiger partial charge in [0.05, 0.1) is 5.41 Å². The van der Waals surface area contributed by atoms with Crippen LogP contribution in [0.1, 0.15) is 18.4 Å². The maximum atomic E-state index is 12.1. The molecule has 0 N–H and O–H groups in total. The molecule has 0 atom stereocenters. The smallest absolute Gasteiger partial charge is 0.387 e. The van der Waals surface area contributed by atoms with Gasteiger partial charge in [0.15, 0.2) is 0 Å². The zero-order valence-corrected chi connectivity index (χ0v) is 7.95. The van der Waals surface area contributed by atoms with Gasteiger partial charge in [-0.05, 0) is 18.9 Å². The van der Waals surface area contributed by atoms with Gasteiger partial charge in [-0.2, -0.15) is 8.78 Å². The molecule has 0 aromatic heterocycles. The molecule has 80 valence electrons. The normalized spacial score (nSPS) is 17.5. The second-order valence-electron chi connectivity index (χ2n) is 3.65. The molecule has 0 bridgehead atoms. The Morgan fingerprint density at radius 1 is 1.33 bits per heavy atom. The van der Waals surface area contributed by atoms with E-state index >= 15 is 0 Å².